The molecule has 2 unspecified atom stereocenters. The Labute approximate surface area is 356 Å². The van der Waals surface area contributed by atoms with Crippen LogP contribution in [0, 0.1) is 0 Å². The van der Waals surface area contributed by atoms with E-state index in [1.54, 1.807) is 4.57 Å². The molecule has 10 atom stereocenters. The van der Waals surface area contributed by atoms with Crippen LogP contribution < -0.4 is 69.6 Å². The van der Waals surface area contributed by atoms with E-state index in [4.69, 9.17) is 44.5 Å². The van der Waals surface area contributed by atoms with E-state index < -0.39 is 81.4 Å². The quantitative estimate of drug-likeness (QED) is 0.0833. The molecule has 0 saturated carbocycles. The van der Waals surface area contributed by atoms with Crippen LogP contribution in [0.2, 0.25) is 0 Å². The third kappa shape index (κ3) is 8.25. The summed E-state index contributed by atoms with van der Waals surface area (Å²) in [6, 6.07) is 0. The Morgan fingerprint density at radius 1 is 0.925 bits per heavy atom. The molecule has 4 aliphatic rings. The van der Waals surface area contributed by atoms with Gasteiger partial charge in [-0.05, 0) is 37.7 Å². The number of hydrogen-bond donors (Lipinski definition) is 4. The first-order chi connectivity index (χ1) is 24.4. The number of imidazole rings is 1. The fourth-order valence-corrected chi connectivity index (χ4v) is 9.94. The molecule has 19 nitrogen and oxygen atoms in total. The largest absolute Gasteiger partial charge is 1.00 e. The van der Waals surface area contributed by atoms with E-state index in [0.717, 1.165) is 42.3 Å². The van der Waals surface area contributed by atoms with Crippen molar-refractivity contribution in [1.29, 1.82) is 0 Å². The smallest absolute Gasteiger partial charge is 0.780 e. The van der Waals surface area contributed by atoms with E-state index in [2.05, 4.69) is 32.2 Å². The maximum absolute atomic E-state index is 13.8. The van der Waals surface area contributed by atoms with Gasteiger partial charge in [-0.3, -0.25) is 23.0 Å². The van der Waals surface area contributed by atoms with E-state index in [9.17, 15) is 24.5 Å². The van der Waals surface area contributed by atoms with Crippen molar-refractivity contribution in [3.05, 3.63) is 46.8 Å². The van der Waals surface area contributed by atoms with Crippen LogP contribution in [-0.4, -0.2) is 105 Å². The first kappa shape index (κ1) is 42.4. The van der Waals surface area contributed by atoms with Crippen molar-refractivity contribution < 1.29 is 111 Å². The standard InChI is InChI=1S/C28H35N7O12P2S2.2Na/c36-7-3-6-33-12-32-25-19(26(33)39)31-13-35(25)28-23-20(37)16(44-28)9-42-48(40,50)46-22-17(10-43-49(41,51)47-23)45-27(21(22)38)34-8-14-4-1-2-5-15-18(14)24(34)30-11-29-15;;/h8,11-13,16-17,20-23,27-28,36-38H,1-7,9-10H2,(H,40,50)(H,41,51);;/q;2*+1/p-1/t16-,17-,20-,21-,22-,23-,27-,28-,48?,49?;;/m1../s1. The molecule has 1 aliphatic carbocycles. The van der Waals surface area contributed by atoms with Crippen LogP contribution in [0.1, 0.15) is 43.0 Å². The van der Waals surface area contributed by atoms with Crippen LogP contribution in [0.4, 0.5) is 0 Å². The number of aryl methyl sites for hydroxylation is 3. The minimum Gasteiger partial charge on any atom is -0.780 e. The molecule has 0 amide bonds. The van der Waals surface area contributed by atoms with Gasteiger partial charge >= 0.3 is 65.9 Å². The Kier molecular flexibility index (Phi) is 13.6. The van der Waals surface area contributed by atoms with Crippen molar-refractivity contribution in [2.45, 2.75) is 87.7 Å². The number of rotatable bonds is 5. The van der Waals surface area contributed by atoms with Crippen LogP contribution in [0.25, 0.3) is 22.2 Å². The first-order valence-electron chi connectivity index (χ1n) is 16.3. The normalized spacial score (nSPS) is 34.7. The Hall–Kier alpha value is -0.200. The predicted octanol–water partition coefficient (Wildman–Crippen LogP) is -5.74. The van der Waals surface area contributed by atoms with Crippen LogP contribution in [0.5, 0.6) is 0 Å². The third-order valence-corrected chi connectivity index (χ3v) is 12.6. The second-order valence-corrected chi connectivity index (χ2v) is 18.3. The molecule has 53 heavy (non-hydrogen) atoms. The molecule has 276 valence electrons. The van der Waals surface area contributed by atoms with Crippen molar-refractivity contribution in [3.8, 4) is 0 Å². The average Bonchev–Trinajstić information content (AvgIpc) is 3.80. The van der Waals surface area contributed by atoms with Gasteiger partial charge < -0.3 is 43.3 Å². The molecule has 3 N–H and O–H groups in total. The summed E-state index contributed by atoms with van der Waals surface area (Å²) < 4.78 is 53.0. The van der Waals surface area contributed by atoms with E-state index >= 15 is 0 Å². The van der Waals surface area contributed by atoms with Crippen LogP contribution in [-0.2, 0) is 63.3 Å². The molecule has 3 saturated heterocycles. The summed E-state index contributed by atoms with van der Waals surface area (Å²) in [5.74, 6) is 0. The molecular weight excluding hydrogens is 798 g/mol. The maximum Gasteiger partial charge on any atom is 1.00 e. The molecule has 25 heteroatoms. The average molecular weight is 833 g/mol. The molecule has 8 rings (SSSR count). The summed E-state index contributed by atoms with van der Waals surface area (Å²) in [6.07, 6.45) is -1.15. The summed E-state index contributed by atoms with van der Waals surface area (Å²) in [6.45, 7) is -9.83. The summed E-state index contributed by atoms with van der Waals surface area (Å²) in [5.41, 5.74) is 1.97. The topological polar surface area (TPSA) is 240 Å². The van der Waals surface area contributed by atoms with Crippen LogP contribution >= 0.6 is 25.8 Å². The summed E-state index contributed by atoms with van der Waals surface area (Å²) >= 11 is 9.38. The van der Waals surface area contributed by atoms with E-state index in [0.29, 0.717) is 12.1 Å². The fraction of sp³-hybridized carbons (Fsp3) is 0.607. The number of nitrogens with zero attached hydrogens (tertiary/aromatic N) is 7. The fourth-order valence-electron chi connectivity index (χ4n) is 7.05. The zero-order valence-corrected chi connectivity index (χ0v) is 36.2. The molecule has 3 fully saturated rings. The molecule has 0 aromatic carbocycles. The van der Waals surface area contributed by atoms with Gasteiger partial charge in [0.2, 0.25) is 0 Å². The van der Waals surface area contributed by atoms with Crippen LogP contribution in [0.3, 0.4) is 0 Å². The van der Waals surface area contributed by atoms with Gasteiger partial charge in [0.05, 0.1) is 25.2 Å². The van der Waals surface area contributed by atoms with Crippen molar-refractivity contribution in [3.63, 3.8) is 0 Å². The van der Waals surface area contributed by atoms with Gasteiger partial charge in [-0.25, -0.2) is 24.5 Å². The van der Waals surface area contributed by atoms with Gasteiger partial charge in [0.1, 0.15) is 61.6 Å². The molecule has 7 heterocycles. The van der Waals surface area contributed by atoms with Gasteiger partial charge in [-0.2, -0.15) is 0 Å². The number of fused-ring (bicyclic) bond motifs is 4. The Morgan fingerprint density at radius 2 is 1.68 bits per heavy atom. The van der Waals surface area contributed by atoms with E-state index in [-0.39, 0.29) is 83.4 Å². The van der Waals surface area contributed by atoms with Gasteiger partial charge in [0.25, 0.3) is 5.56 Å². The summed E-state index contributed by atoms with van der Waals surface area (Å²) in [5, 5.41) is 32.9. The third-order valence-electron chi connectivity index (χ3n) is 9.46. The second kappa shape index (κ2) is 17.0. The first-order valence-corrected chi connectivity index (χ1v) is 21.5. The molecular formula is C28H34N7Na2O12P2S2+. The number of aromatic nitrogens is 7. The van der Waals surface area contributed by atoms with Gasteiger partial charge in [0, 0.05) is 24.7 Å². The Bertz CT molecular complexity index is 2130. The van der Waals surface area contributed by atoms with Gasteiger partial charge in [-0.15, -0.1) is 0 Å². The van der Waals surface area contributed by atoms with Crippen molar-refractivity contribution in [2.75, 3.05) is 19.8 Å². The Balaban J connectivity index is 0.00000240. The number of aliphatic hydroxyl groups is 3. The van der Waals surface area contributed by atoms with E-state index in [1.165, 1.54) is 28.1 Å². The van der Waals surface area contributed by atoms with Crippen molar-refractivity contribution in [2.24, 2.45) is 0 Å². The minimum absolute atomic E-state index is 0. The zero-order chi connectivity index (χ0) is 35.7. The SMILES string of the molecule is O=c1c2ncn([C@@H]3O[C@@H]4COP([O-])(=S)O[C@H]5[C@@H](O)[C@H](n6cc7c8c(ncnc86)CCCC7)O[C@@H]5COP(=O)(S)O[C@@H]3[C@@H]4O)c2ncn1CCCO.[Na+].[Na+]. The summed E-state index contributed by atoms with van der Waals surface area (Å²) in [7, 11) is 0. The monoisotopic (exact) mass is 832 g/mol. The molecule has 2 bridgehead atoms. The molecule has 0 radical (unpaired) electrons. The molecule has 0 spiro atoms. The Morgan fingerprint density at radius 3 is 2.47 bits per heavy atom. The molecule has 3 aliphatic heterocycles. The van der Waals surface area contributed by atoms with Gasteiger partial charge in [0.15, 0.2) is 23.6 Å². The van der Waals surface area contributed by atoms with Gasteiger partial charge in [-0.1, -0.05) is 24.1 Å². The number of hydrogen-bond acceptors (Lipinski definition) is 17. The minimum atomic E-state index is -4.42. The number of thiol groups is 1. The zero-order valence-electron chi connectivity index (χ0n) is 28.7. The molecule has 4 aromatic rings. The predicted molar refractivity (Wildman–Crippen MR) is 180 cm³/mol. The van der Waals surface area contributed by atoms with E-state index in [1.807, 2.05) is 6.20 Å². The summed E-state index contributed by atoms with van der Waals surface area (Å²) in [4.78, 5) is 44.1. The van der Waals surface area contributed by atoms with Crippen molar-refractivity contribution >= 4 is 59.8 Å². The van der Waals surface area contributed by atoms with Crippen LogP contribution in [0.15, 0.2) is 30.0 Å². The molecule has 4 aromatic heterocycles. The van der Waals surface area contributed by atoms with Crippen molar-refractivity contribution in [1.82, 2.24) is 33.6 Å². The second-order valence-electron chi connectivity index (χ2n) is 12.7. The number of aliphatic hydroxyl groups excluding tert-OH is 3. The maximum atomic E-state index is 13.8. The number of ether oxygens (including phenoxy) is 2.